The van der Waals surface area contributed by atoms with Crippen molar-refractivity contribution in [3.05, 3.63) is 11.6 Å². The lowest BCUT2D eigenvalue weighted by Crippen LogP contribution is -2.62. The number of carbonyl (C=O) groups excluding carboxylic acids is 1. The molecule has 5 aliphatic carbocycles. The van der Waals surface area contributed by atoms with E-state index in [1.165, 1.54) is 51.4 Å². The summed E-state index contributed by atoms with van der Waals surface area (Å²) in [5.74, 6) is 3.79. The van der Waals surface area contributed by atoms with Gasteiger partial charge in [0.05, 0.1) is 0 Å². The minimum atomic E-state index is -0.114. The number of ether oxygens (including phenoxy) is 1. The highest BCUT2D eigenvalue weighted by atomic mass is 16.5. The lowest BCUT2D eigenvalue weighted by molar-refractivity contribution is -0.179. The predicted octanol–water partition coefficient (Wildman–Crippen LogP) is 8.60. The maximum absolute atomic E-state index is 11.9. The van der Waals surface area contributed by atoms with Crippen molar-refractivity contribution in [1.82, 2.24) is 0 Å². The highest BCUT2D eigenvalue weighted by Crippen LogP contribution is 2.76. The van der Waals surface area contributed by atoms with Crippen LogP contribution >= 0.6 is 0 Å². The summed E-state index contributed by atoms with van der Waals surface area (Å²) in [6.45, 7) is 22.0. The molecule has 0 amide bonds. The van der Waals surface area contributed by atoms with Crippen LogP contribution < -0.4 is 0 Å². The fraction of sp³-hybridized carbons (Fsp3) is 0.906. The summed E-state index contributed by atoms with van der Waals surface area (Å²) in [6.07, 6.45) is 14.6. The van der Waals surface area contributed by atoms with Crippen molar-refractivity contribution < 1.29 is 9.53 Å². The third-order valence-corrected chi connectivity index (χ3v) is 13.5. The molecule has 0 N–H and O–H groups in total. The SMILES string of the molecule is CC(=O)O[C@H]1CC[C@]2(C)C3=CC[C@]4(C)[C@H]5CC[C@@H](C(C)C)[C@]5(C)CC[C@@]4(C)[C@@H]3CC[C@H]2C1(C)C. The van der Waals surface area contributed by atoms with E-state index in [1.807, 2.05) is 0 Å². The molecule has 2 nitrogen and oxygen atoms in total. The molecular weight excluding hydrogens is 416 g/mol. The minimum absolute atomic E-state index is 0.0349. The van der Waals surface area contributed by atoms with Gasteiger partial charge in [-0.15, -0.1) is 0 Å². The monoisotopic (exact) mass is 468 g/mol. The second-order valence-corrected chi connectivity index (χ2v) is 15.2. The van der Waals surface area contributed by atoms with Crippen LogP contribution in [0.25, 0.3) is 0 Å². The maximum atomic E-state index is 11.9. The number of rotatable bonds is 2. The first-order valence-corrected chi connectivity index (χ1v) is 14.6. The van der Waals surface area contributed by atoms with Crippen LogP contribution in [0, 0.1) is 56.7 Å². The molecule has 0 aromatic carbocycles. The van der Waals surface area contributed by atoms with Crippen LogP contribution in [-0.2, 0) is 9.53 Å². The summed E-state index contributed by atoms with van der Waals surface area (Å²) in [5, 5.41) is 0. The van der Waals surface area contributed by atoms with Gasteiger partial charge in [-0.25, -0.2) is 0 Å². The Bertz CT molecular complexity index is 883. The van der Waals surface area contributed by atoms with Crippen molar-refractivity contribution in [3.8, 4) is 0 Å². The largest absolute Gasteiger partial charge is 0.462 e. The van der Waals surface area contributed by atoms with Gasteiger partial charge in [0.25, 0.3) is 0 Å². The summed E-state index contributed by atoms with van der Waals surface area (Å²) in [7, 11) is 0. The molecule has 0 aromatic heterocycles. The third kappa shape index (κ3) is 3.01. The second-order valence-electron chi connectivity index (χ2n) is 15.2. The Morgan fingerprint density at radius 3 is 2.21 bits per heavy atom. The van der Waals surface area contributed by atoms with Crippen LogP contribution in [0.1, 0.15) is 120 Å². The molecule has 2 heteroatoms. The summed E-state index contributed by atoms with van der Waals surface area (Å²) in [4.78, 5) is 11.9. The van der Waals surface area contributed by atoms with Crippen molar-refractivity contribution in [2.24, 2.45) is 56.7 Å². The normalized spacial score (nSPS) is 51.6. The van der Waals surface area contributed by atoms with Gasteiger partial charge in [-0.3, -0.25) is 4.79 Å². The zero-order valence-electron chi connectivity index (χ0n) is 23.7. The van der Waals surface area contributed by atoms with E-state index in [-0.39, 0.29) is 22.9 Å². The summed E-state index contributed by atoms with van der Waals surface area (Å²) in [5.41, 5.74) is 3.46. The van der Waals surface area contributed by atoms with E-state index < -0.39 is 0 Å². The van der Waals surface area contributed by atoms with Gasteiger partial charge in [0, 0.05) is 12.3 Å². The van der Waals surface area contributed by atoms with E-state index in [0.717, 1.165) is 30.1 Å². The summed E-state index contributed by atoms with van der Waals surface area (Å²) in [6, 6.07) is 0. The number of allylic oxidation sites excluding steroid dienone is 2. The smallest absolute Gasteiger partial charge is 0.302 e. The molecule has 0 aliphatic heterocycles. The van der Waals surface area contributed by atoms with Gasteiger partial charge < -0.3 is 4.74 Å². The van der Waals surface area contributed by atoms with Crippen molar-refractivity contribution >= 4 is 5.97 Å². The molecule has 0 unspecified atom stereocenters. The van der Waals surface area contributed by atoms with Crippen LogP contribution in [0.4, 0.5) is 0 Å². The van der Waals surface area contributed by atoms with Gasteiger partial charge in [-0.1, -0.05) is 67.0 Å². The van der Waals surface area contributed by atoms with E-state index in [4.69, 9.17) is 4.74 Å². The van der Waals surface area contributed by atoms with Crippen molar-refractivity contribution in [2.75, 3.05) is 0 Å². The number of esters is 1. The molecule has 0 radical (unpaired) electrons. The third-order valence-electron chi connectivity index (χ3n) is 13.5. The first-order chi connectivity index (χ1) is 15.7. The highest BCUT2D eigenvalue weighted by molar-refractivity contribution is 5.66. The van der Waals surface area contributed by atoms with Crippen LogP contribution in [-0.4, -0.2) is 12.1 Å². The number of carbonyl (C=O) groups is 1. The molecule has 0 heterocycles. The predicted molar refractivity (Wildman–Crippen MR) is 140 cm³/mol. The fourth-order valence-electron chi connectivity index (χ4n) is 11.6. The molecule has 34 heavy (non-hydrogen) atoms. The Balaban J connectivity index is 1.51. The lowest BCUT2D eigenvalue weighted by atomic mass is 9.35. The Hall–Kier alpha value is -0.790. The standard InChI is InChI=1S/C32H52O2/c1-20(2)22-10-13-26-30(22,7)18-19-31(8)24-11-12-25-28(4,5)27(34-21(3)33)15-16-29(25,6)23(24)14-17-32(26,31)9/h14,20,22,24-27H,10-13,15-19H2,1-9H3/t22-,24+,25-,26-,27-,29+,30-,31-,32+/m0/s1. The molecule has 5 aliphatic rings. The average Bonchev–Trinajstić information content (AvgIpc) is 3.10. The van der Waals surface area contributed by atoms with Gasteiger partial charge in [0.15, 0.2) is 0 Å². The topological polar surface area (TPSA) is 26.3 Å². The minimum Gasteiger partial charge on any atom is -0.462 e. The molecule has 192 valence electrons. The molecular formula is C32H52O2. The van der Waals surface area contributed by atoms with Crippen LogP contribution in [0.5, 0.6) is 0 Å². The molecule has 9 atom stereocenters. The van der Waals surface area contributed by atoms with E-state index >= 15 is 0 Å². The lowest BCUT2D eigenvalue weighted by Gasteiger charge is -2.69. The first kappa shape index (κ1) is 24.9. The highest BCUT2D eigenvalue weighted by Gasteiger charge is 2.68. The average molecular weight is 469 g/mol. The Labute approximate surface area is 210 Å². The van der Waals surface area contributed by atoms with Crippen molar-refractivity contribution in [2.45, 2.75) is 126 Å². The van der Waals surface area contributed by atoms with Crippen molar-refractivity contribution in [3.63, 3.8) is 0 Å². The number of fused-ring (bicyclic) bond motifs is 7. The van der Waals surface area contributed by atoms with E-state index in [9.17, 15) is 4.79 Å². The molecule has 5 rings (SSSR count). The van der Waals surface area contributed by atoms with Gasteiger partial charge in [0.1, 0.15) is 6.10 Å². The maximum Gasteiger partial charge on any atom is 0.302 e. The van der Waals surface area contributed by atoms with Crippen LogP contribution in [0.15, 0.2) is 11.6 Å². The zero-order chi connectivity index (χ0) is 24.9. The van der Waals surface area contributed by atoms with Crippen LogP contribution in [0.2, 0.25) is 0 Å². The number of hydrogen-bond donors (Lipinski definition) is 0. The van der Waals surface area contributed by atoms with Gasteiger partial charge in [-0.05, 0) is 109 Å². The summed E-state index contributed by atoms with van der Waals surface area (Å²) < 4.78 is 5.89. The molecule has 0 aromatic rings. The molecule has 4 fully saturated rings. The van der Waals surface area contributed by atoms with Crippen LogP contribution in [0.3, 0.4) is 0 Å². The molecule has 0 spiro atoms. The Kier molecular flexibility index (Phi) is 5.57. The first-order valence-electron chi connectivity index (χ1n) is 14.6. The Morgan fingerprint density at radius 1 is 0.882 bits per heavy atom. The van der Waals surface area contributed by atoms with E-state index in [1.54, 1.807) is 12.5 Å². The summed E-state index contributed by atoms with van der Waals surface area (Å²) >= 11 is 0. The zero-order valence-corrected chi connectivity index (χ0v) is 23.7. The fourth-order valence-corrected chi connectivity index (χ4v) is 11.6. The van der Waals surface area contributed by atoms with Gasteiger partial charge >= 0.3 is 5.97 Å². The Morgan fingerprint density at radius 2 is 1.56 bits per heavy atom. The van der Waals surface area contributed by atoms with E-state index in [2.05, 4.69) is 61.5 Å². The molecule has 4 saturated carbocycles. The van der Waals surface area contributed by atoms with Gasteiger partial charge in [0.2, 0.25) is 0 Å². The molecule has 0 saturated heterocycles. The number of hydrogen-bond acceptors (Lipinski definition) is 2. The van der Waals surface area contributed by atoms with Crippen molar-refractivity contribution in [1.29, 1.82) is 0 Å². The quantitative estimate of drug-likeness (QED) is 0.299. The van der Waals surface area contributed by atoms with E-state index in [0.29, 0.717) is 22.2 Å². The van der Waals surface area contributed by atoms with Gasteiger partial charge in [-0.2, -0.15) is 0 Å². The second kappa shape index (κ2) is 7.61. The molecule has 0 bridgehead atoms.